The fourth-order valence-electron chi connectivity index (χ4n) is 0.214. The van der Waals surface area contributed by atoms with Gasteiger partial charge in [-0.3, -0.25) is 9.59 Å². The standard InChI is InChI=1S/C4H6O4.2H3O4P/c5-3(6)1-2-4(7)8;2*1-5(2,3)4/h1-2H2,(H,5,6)(H,7,8);2*(H3,1,2,3,4). The summed E-state index contributed by atoms with van der Waals surface area (Å²) >= 11 is 0. The molecular formula is C4H12O12P2. The first-order valence-electron chi connectivity index (χ1n) is 3.63. The summed E-state index contributed by atoms with van der Waals surface area (Å²) < 4.78 is 17.8. The van der Waals surface area contributed by atoms with Crippen molar-refractivity contribution in [2.75, 3.05) is 0 Å². The summed E-state index contributed by atoms with van der Waals surface area (Å²) in [6.45, 7) is 0. The summed E-state index contributed by atoms with van der Waals surface area (Å²) in [6, 6.07) is 0. The molecule has 0 rings (SSSR count). The zero-order valence-electron chi connectivity index (χ0n) is 8.52. The van der Waals surface area contributed by atoms with Crippen LogP contribution in [0.15, 0.2) is 0 Å². The zero-order chi connectivity index (χ0) is 15.6. The second-order valence-electron chi connectivity index (χ2n) is 2.31. The fraction of sp³-hybridized carbons (Fsp3) is 0.500. The molecule has 0 saturated carbocycles. The van der Waals surface area contributed by atoms with Gasteiger partial charge in [-0.1, -0.05) is 0 Å². The first-order valence-corrected chi connectivity index (χ1v) is 6.76. The third kappa shape index (κ3) is 176. The summed E-state index contributed by atoms with van der Waals surface area (Å²) in [4.78, 5) is 62.4. The Bertz CT molecular complexity index is 285. The van der Waals surface area contributed by atoms with Crippen molar-refractivity contribution in [1.82, 2.24) is 0 Å². The lowest BCUT2D eigenvalue weighted by Gasteiger charge is -1.85. The van der Waals surface area contributed by atoms with Crippen LogP contribution in [-0.4, -0.2) is 51.5 Å². The molecule has 0 atom stereocenters. The number of carboxylic acid groups (broad SMARTS) is 2. The summed E-state index contributed by atoms with van der Waals surface area (Å²) in [5, 5.41) is 15.8. The molecule has 18 heavy (non-hydrogen) atoms. The van der Waals surface area contributed by atoms with Crippen molar-refractivity contribution in [3.8, 4) is 0 Å². The van der Waals surface area contributed by atoms with Crippen LogP contribution in [0, 0.1) is 0 Å². The molecule has 8 N–H and O–H groups in total. The van der Waals surface area contributed by atoms with E-state index < -0.39 is 27.6 Å². The van der Waals surface area contributed by atoms with Gasteiger partial charge in [-0.25, -0.2) is 9.13 Å². The van der Waals surface area contributed by atoms with E-state index >= 15 is 0 Å². The van der Waals surface area contributed by atoms with Gasteiger partial charge in [-0.2, -0.15) is 0 Å². The van der Waals surface area contributed by atoms with Crippen LogP contribution in [0.25, 0.3) is 0 Å². The van der Waals surface area contributed by atoms with Crippen molar-refractivity contribution in [1.29, 1.82) is 0 Å². The van der Waals surface area contributed by atoms with Gasteiger partial charge in [0.2, 0.25) is 0 Å². The van der Waals surface area contributed by atoms with Crippen LogP contribution >= 0.6 is 15.6 Å². The molecule has 0 aliphatic heterocycles. The molecule has 0 aromatic rings. The summed E-state index contributed by atoms with van der Waals surface area (Å²) in [5.74, 6) is -2.15. The van der Waals surface area contributed by atoms with Crippen molar-refractivity contribution in [3.63, 3.8) is 0 Å². The quantitative estimate of drug-likeness (QED) is 0.266. The van der Waals surface area contributed by atoms with Crippen molar-refractivity contribution in [3.05, 3.63) is 0 Å². The lowest BCUT2D eigenvalue weighted by molar-refractivity contribution is -0.143. The molecule has 12 nitrogen and oxygen atoms in total. The molecule has 110 valence electrons. The number of phosphoric acid groups is 2. The Balaban J connectivity index is -0.000000197. The van der Waals surface area contributed by atoms with E-state index in [0.29, 0.717) is 0 Å². The molecule has 0 saturated heterocycles. The number of rotatable bonds is 3. The Morgan fingerprint density at radius 2 is 0.778 bits per heavy atom. The molecule has 0 aromatic heterocycles. The molecular weight excluding hydrogens is 302 g/mol. The maximum Gasteiger partial charge on any atom is 0.466 e. The van der Waals surface area contributed by atoms with Crippen LogP contribution in [0.3, 0.4) is 0 Å². The first-order chi connectivity index (χ1) is 7.63. The lowest BCUT2D eigenvalue weighted by Crippen LogP contribution is -2.00. The Labute approximate surface area is 99.6 Å². The van der Waals surface area contributed by atoms with Gasteiger partial charge in [0.25, 0.3) is 0 Å². The smallest absolute Gasteiger partial charge is 0.466 e. The van der Waals surface area contributed by atoms with Crippen LogP contribution in [0.2, 0.25) is 0 Å². The minimum atomic E-state index is -4.64. The Kier molecular flexibility index (Phi) is 12.6. The lowest BCUT2D eigenvalue weighted by atomic mass is 10.3. The molecule has 0 bridgehead atoms. The normalized spacial score (nSPS) is 10.3. The fourth-order valence-corrected chi connectivity index (χ4v) is 0.214. The highest BCUT2D eigenvalue weighted by atomic mass is 31.2. The largest absolute Gasteiger partial charge is 0.481 e. The second kappa shape index (κ2) is 10.1. The maximum absolute atomic E-state index is 9.64. The highest BCUT2D eigenvalue weighted by Crippen LogP contribution is 2.26. The number of carboxylic acids is 2. The number of carbonyl (C=O) groups is 2. The molecule has 0 heterocycles. The first kappa shape index (κ1) is 22.3. The molecule has 0 fully saturated rings. The van der Waals surface area contributed by atoms with Gasteiger partial charge in [-0.05, 0) is 0 Å². The molecule has 0 spiro atoms. The van der Waals surface area contributed by atoms with Crippen molar-refractivity contribution in [2.24, 2.45) is 0 Å². The van der Waals surface area contributed by atoms with Crippen LogP contribution in [0.4, 0.5) is 0 Å². The monoisotopic (exact) mass is 314 g/mol. The van der Waals surface area contributed by atoms with E-state index in [4.69, 9.17) is 48.7 Å². The van der Waals surface area contributed by atoms with E-state index in [0.717, 1.165) is 0 Å². The van der Waals surface area contributed by atoms with E-state index in [1.54, 1.807) is 0 Å². The average Bonchev–Trinajstić information content (AvgIpc) is 1.93. The van der Waals surface area contributed by atoms with Gasteiger partial charge in [0.05, 0.1) is 12.8 Å². The number of aliphatic carboxylic acids is 2. The summed E-state index contributed by atoms with van der Waals surface area (Å²) in [5.41, 5.74) is 0. The van der Waals surface area contributed by atoms with Crippen LogP contribution in [-0.2, 0) is 18.7 Å². The highest BCUT2D eigenvalue weighted by molar-refractivity contribution is 7.45. The molecule has 0 radical (unpaired) electrons. The third-order valence-electron chi connectivity index (χ3n) is 0.553. The van der Waals surface area contributed by atoms with E-state index in [1.807, 2.05) is 0 Å². The van der Waals surface area contributed by atoms with E-state index in [-0.39, 0.29) is 12.8 Å². The minimum absolute atomic E-state index is 0.296. The van der Waals surface area contributed by atoms with Crippen LogP contribution in [0.5, 0.6) is 0 Å². The molecule has 0 aliphatic carbocycles. The maximum atomic E-state index is 9.64. The summed E-state index contributed by atoms with van der Waals surface area (Å²) in [7, 11) is -9.28. The Morgan fingerprint density at radius 1 is 0.667 bits per heavy atom. The van der Waals surface area contributed by atoms with E-state index in [1.165, 1.54) is 0 Å². The zero-order valence-corrected chi connectivity index (χ0v) is 10.3. The topological polar surface area (TPSA) is 230 Å². The highest BCUT2D eigenvalue weighted by Gasteiger charge is 2.01. The molecule has 14 heteroatoms. The molecule has 0 aromatic carbocycles. The van der Waals surface area contributed by atoms with Gasteiger partial charge < -0.3 is 39.6 Å². The predicted molar refractivity (Wildman–Crippen MR) is 53.0 cm³/mol. The molecule has 0 amide bonds. The SMILES string of the molecule is O=C(O)CCC(=O)O.O=P(O)(O)O.O=P(O)(O)O. The van der Waals surface area contributed by atoms with E-state index in [9.17, 15) is 9.59 Å². The van der Waals surface area contributed by atoms with E-state index in [2.05, 4.69) is 0 Å². The van der Waals surface area contributed by atoms with Gasteiger partial charge in [-0.15, -0.1) is 0 Å². The van der Waals surface area contributed by atoms with Crippen molar-refractivity contribution >= 4 is 27.6 Å². The van der Waals surface area contributed by atoms with Crippen molar-refractivity contribution < 1.29 is 58.3 Å². The van der Waals surface area contributed by atoms with Crippen LogP contribution in [0.1, 0.15) is 12.8 Å². The number of hydrogen-bond donors (Lipinski definition) is 8. The minimum Gasteiger partial charge on any atom is -0.481 e. The van der Waals surface area contributed by atoms with Crippen molar-refractivity contribution in [2.45, 2.75) is 12.8 Å². The predicted octanol–water partition coefficient (Wildman–Crippen LogP) is -1.92. The van der Waals surface area contributed by atoms with Gasteiger partial charge >= 0.3 is 27.6 Å². The molecule has 0 aliphatic rings. The van der Waals surface area contributed by atoms with Gasteiger partial charge in [0, 0.05) is 0 Å². The number of hydrogen-bond acceptors (Lipinski definition) is 4. The van der Waals surface area contributed by atoms with Gasteiger partial charge in [0.1, 0.15) is 0 Å². The Morgan fingerprint density at radius 3 is 0.833 bits per heavy atom. The summed E-state index contributed by atoms with van der Waals surface area (Å²) in [6.07, 6.45) is -0.593. The Hall–Kier alpha value is -0.840. The van der Waals surface area contributed by atoms with Crippen LogP contribution < -0.4 is 0 Å². The average molecular weight is 314 g/mol. The second-order valence-corrected chi connectivity index (χ2v) is 4.37. The molecule has 0 unspecified atom stereocenters. The third-order valence-corrected chi connectivity index (χ3v) is 0.553. The van der Waals surface area contributed by atoms with Gasteiger partial charge in [0.15, 0.2) is 0 Å².